The highest BCUT2D eigenvalue weighted by Crippen LogP contribution is 2.33. The third-order valence-corrected chi connectivity index (χ3v) is 4.21. The van der Waals surface area contributed by atoms with Crippen molar-refractivity contribution >= 4 is 16.5 Å². The molecule has 0 spiro atoms. The van der Waals surface area contributed by atoms with Crippen LogP contribution < -0.4 is 5.32 Å². The minimum Gasteiger partial charge on any atom is -0.378 e. The van der Waals surface area contributed by atoms with Crippen LogP contribution in [-0.4, -0.2) is 21.6 Å². The molecule has 0 unspecified atom stereocenters. The topological polar surface area (TPSA) is 63.8 Å². The number of anilines is 1. The monoisotopic (exact) mass is 300 g/mol. The van der Waals surface area contributed by atoms with E-state index in [9.17, 15) is 0 Å². The van der Waals surface area contributed by atoms with Gasteiger partial charge in [-0.3, -0.25) is 0 Å². The van der Waals surface area contributed by atoms with Crippen LogP contribution in [0.4, 0.5) is 5.00 Å². The second-order valence-electron chi connectivity index (χ2n) is 4.90. The highest BCUT2D eigenvalue weighted by Gasteiger charge is 2.18. The number of benzene rings is 1. The lowest BCUT2D eigenvalue weighted by Gasteiger charge is -1.98. The normalized spacial score (nSPS) is 10.8. The fourth-order valence-corrected chi connectivity index (χ4v) is 2.85. The van der Waals surface area contributed by atoms with Gasteiger partial charge in [-0.1, -0.05) is 35.0 Å². The molecule has 3 aromatic rings. The highest BCUT2D eigenvalue weighted by molar-refractivity contribution is 7.10. The van der Waals surface area contributed by atoms with E-state index in [1.807, 2.05) is 14.0 Å². The molecule has 0 aliphatic heterocycles. The van der Waals surface area contributed by atoms with Gasteiger partial charge in [0.15, 0.2) is 5.82 Å². The molecule has 6 heteroatoms. The third kappa shape index (κ3) is 2.80. The first-order chi connectivity index (χ1) is 10.2. The number of hydrogen-bond acceptors (Lipinski definition) is 6. The Bertz CT molecular complexity index is 745. The zero-order valence-electron chi connectivity index (χ0n) is 12.2. The standard InChI is InChI=1S/C15H16N4OS/c1-9-4-6-11(7-5-9)8-12-17-14(20-18-12)13-10(2)19-21-15(13)16-3/h4-7,16H,8H2,1-3H3. The minimum absolute atomic E-state index is 0.521. The average Bonchev–Trinajstić information content (AvgIpc) is 3.07. The van der Waals surface area contributed by atoms with E-state index in [4.69, 9.17) is 4.52 Å². The molecule has 0 aliphatic carbocycles. The van der Waals surface area contributed by atoms with Gasteiger partial charge >= 0.3 is 0 Å². The number of aryl methyl sites for hydroxylation is 2. The predicted octanol–water partition coefficient (Wildman–Crippen LogP) is 3.44. The van der Waals surface area contributed by atoms with Gasteiger partial charge in [-0.2, -0.15) is 9.36 Å². The van der Waals surface area contributed by atoms with Crippen molar-refractivity contribution in [2.24, 2.45) is 0 Å². The maximum atomic E-state index is 5.39. The SMILES string of the molecule is CNc1snc(C)c1-c1nc(Cc2ccc(C)cc2)no1. The van der Waals surface area contributed by atoms with Gasteiger partial charge in [-0.25, -0.2) is 0 Å². The molecule has 1 N–H and O–H groups in total. The van der Waals surface area contributed by atoms with E-state index in [0.717, 1.165) is 16.3 Å². The van der Waals surface area contributed by atoms with Crippen molar-refractivity contribution in [2.75, 3.05) is 12.4 Å². The second-order valence-corrected chi connectivity index (χ2v) is 5.67. The number of nitrogens with one attached hydrogen (secondary N) is 1. The van der Waals surface area contributed by atoms with Crippen LogP contribution in [0, 0.1) is 13.8 Å². The van der Waals surface area contributed by atoms with Crippen LogP contribution in [0.25, 0.3) is 11.5 Å². The Kier molecular flexibility index (Phi) is 3.70. The molecule has 0 radical (unpaired) electrons. The summed E-state index contributed by atoms with van der Waals surface area (Å²) in [6, 6.07) is 8.34. The fraction of sp³-hybridized carbons (Fsp3) is 0.267. The molecule has 1 aromatic carbocycles. The van der Waals surface area contributed by atoms with E-state index in [1.165, 1.54) is 22.7 Å². The molecule has 0 bridgehead atoms. The van der Waals surface area contributed by atoms with Crippen LogP contribution in [-0.2, 0) is 6.42 Å². The number of nitrogens with zero attached hydrogens (tertiary/aromatic N) is 3. The molecule has 21 heavy (non-hydrogen) atoms. The van der Waals surface area contributed by atoms with E-state index < -0.39 is 0 Å². The van der Waals surface area contributed by atoms with Gasteiger partial charge in [0.05, 0.1) is 11.3 Å². The van der Waals surface area contributed by atoms with Gasteiger partial charge in [0.25, 0.3) is 5.89 Å². The fourth-order valence-electron chi connectivity index (χ4n) is 2.11. The molecule has 0 amide bonds. The Balaban J connectivity index is 1.86. The molecule has 3 rings (SSSR count). The summed E-state index contributed by atoms with van der Waals surface area (Å²) >= 11 is 1.40. The molecule has 2 heterocycles. The Morgan fingerprint density at radius 3 is 2.67 bits per heavy atom. The van der Waals surface area contributed by atoms with Crippen molar-refractivity contribution in [3.63, 3.8) is 0 Å². The summed E-state index contributed by atoms with van der Waals surface area (Å²) in [5.41, 5.74) is 4.20. The van der Waals surface area contributed by atoms with E-state index in [1.54, 1.807) is 0 Å². The summed E-state index contributed by atoms with van der Waals surface area (Å²) in [7, 11) is 1.86. The summed E-state index contributed by atoms with van der Waals surface area (Å²) < 4.78 is 9.71. The van der Waals surface area contributed by atoms with Crippen LogP contribution >= 0.6 is 11.5 Å². The number of rotatable bonds is 4. The van der Waals surface area contributed by atoms with Crippen LogP contribution in [0.1, 0.15) is 22.6 Å². The van der Waals surface area contributed by atoms with Crippen molar-refractivity contribution in [1.29, 1.82) is 0 Å². The van der Waals surface area contributed by atoms with Crippen molar-refractivity contribution in [2.45, 2.75) is 20.3 Å². The van der Waals surface area contributed by atoms with Crippen molar-refractivity contribution < 1.29 is 4.52 Å². The molecule has 2 aromatic heterocycles. The lowest BCUT2D eigenvalue weighted by Crippen LogP contribution is -1.92. The smallest absolute Gasteiger partial charge is 0.262 e. The lowest BCUT2D eigenvalue weighted by atomic mass is 10.1. The molecular weight excluding hydrogens is 284 g/mol. The molecule has 0 saturated carbocycles. The first kappa shape index (κ1) is 13.8. The first-order valence-corrected chi connectivity index (χ1v) is 7.47. The molecular formula is C15H16N4OS. The first-order valence-electron chi connectivity index (χ1n) is 6.70. The summed E-state index contributed by atoms with van der Waals surface area (Å²) in [6.45, 7) is 4.01. The van der Waals surface area contributed by atoms with E-state index in [2.05, 4.69) is 51.0 Å². The molecule has 0 aliphatic rings. The Morgan fingerprint density at radius 2 is 1.95 bits per heavy atom. The number of hydrogen-bond donors (Lipinski definition) is 1. The van der Waals surface area contributed by atoms with Crippen LogP contribution in [0.3, 0.4) is 0 Å². The molecule has 0 atom stereocenters. The largest absolute Gasteiger partial charge is 0.378 e. The van der Waals surface area contributed by atoms with Crippen LogP contribution in [0.2, 0.25) is 0 Å². The van der Waals surface area contributed by atoms with Crippen molar-refractivity contribution in [3.8, 4) is 11.5 Å². The Morgan fingerprint density at radius 1 is 1.19 bits per heavy atom. The van der Waals surface area contributed by atoms with Crippen molar-refractivity contribution in [1.82, 2.24) is 14.5 Å². The van der Waals surface area contributed by atoms with Gasteiger partial charge in [-0.15, -0.1) is 0 Å². The Labute approximate surface area is 127 Å². The summed E-state index contributed by atoms with van der Waals surface area (Å²) in [4.78, 5) is 4.49. The summed E-state index contributed by atoms with van der Waals surface area (Å²) in [5.74, 6) is 1.20. The average molecular weight is 300 g/mol. The quantitative estimate of drug-likeness (QED) is 0.799. The third-order valence-electron chi connectivity index (χ3n) is 3.25. The predicted molar refractivity (Wildman–Crippen MR) is 83.7 cm³/mol. The van der Waals surface area contributed by atoms with Gasteiger partial charge in [0.1, 0.15) is 5.00 Å². The van der Waals surface area contributed by atoms with Gasteiger partial charge < -0.3 is 9.84 Å². The van der Waals surface area contributed by atoms with Gasteiger partial charge in [0.2, 0.25) is 0 Å². The van der Waals surface area contributed by atoms with E-state index >= 15 is 0 Å². The summed E-state index contributed by atoms with van der Waals surface area (Å²) in [6.07, 6.45) is 0.662. The van der Waals surface area contributed by atoms with Gasteiger partial charge in [-0.05, 0) is 30.9 Å². The van der Waals surface area contributed by atoms with E-state index in [-0.39, 0.29) is 0 Å². The summed E-state index contributed by atoms with van der Waals surface area (Å²) in [5, 5.41) is 8.12. The zero-order chi connectivity index (χ0) is 14.8. The van der Waals surface area contributed by atoms with Crippen LogP contribution in [0.15, 0.2) is 28.8 Å². The minimum atomic E-state index is 0.521. The number of aromatic nitrogens is 3. The van der Waals surface area contributed by atoms with Crippen molar-refractivity contribution in [3.05, 3.63) is 46.9 Å². The molecule has 5 nitrogen and oxygen atoms in total. The highest BCUT2D eigenvalue weighted by atomic mass is 32.1. The van der Waals surface area contributed by atoms with Crippen LogP contribution in [0.5, 0.6) is 0 Å². The zero-order valence-corrected chi connectivity index (χ0v) is 13.0. The Hall–Kier alpha value is -2.21. The van der Waals surface area contributed by atoms with Gasteiger partial charge in [0, 0.05) is 13.5 Å². The molecule has 0 fully saturated rings. The maximum absolute atomic E-state index is 5.39. The lowest BCUT2D eigenvalue weighted by molar-refractivity contribution is 0.424. The van der Waals surface area contributed by atoms with E-state index in [0.29, 0.717) is 18.1 Å². The maximum Gasteiger partial charge on any atom is 0.262 e. The molecule has 108 valence electrons. The second kappa shape index (κ2) is 5.65. The molecule has 0 saturated heterocycles.